The maximum Gasteiger partial charge on any atom is 0.308 e. The van der Waals surface area contributed by atoms with E-state index in [1.54, 1.807) is 0 Å². The van der Waals surface area contributed by atoms with Crippen LogP contribution in [0.3, 0.4) is 0 Å². The van der Waals surface area contributed by atoms with Crippen molar-refractivity contribution in [3.8, 4) is 5.75 Å². The van der Waals surface area contributed by atoms with Crippen LogP contribution >= 0.6 is 0 Å². The monoisotopic (exact) mass is 324 g/mol. The molecule has 7 nitrogen and oxygen atoms in total. The molecule has 1 heterocycles. The van der Waals surface area contributed by atoms with Crippen LogP contribution in [0.4, 0.5) is 5.69 Å². The fourth-order valence-electron chi connectivity index (χ4n) is 2.45. The number of rotatable bonds is 3. The SMILES string of the molecule is CC(=O)Oc1cccc(N2C(=O)c3ccc(C(=O)[O-])cc3C2=O)c1. The minimum Gasteiger partial charge on any atom is -0.545 e. The highest BCUT2D eigenvalue weighted by molar-refractivity contribution is 6.34. The molecule has 0 radical (unpaired) electrons. The molecule has 0 saturated carbocycles. The standard InChI is InChI=1S/C17H11NO6/c1-9(19)24-12-4-2-3-11(8-12)18-15(20)13-6-5-10(17(22)23)7-14(13)16(18)21/h2-8H,1H3,(H,22,23)/p-1. The predicted octanol–water partition coefficient (Wildman–Crippen LogP) is 0.776. The van der Waals surface area contributed by atoms with Gasteiger partial charge in [0.25, 0.3) is 11.8 Å². The summed E-state index contributed by atoms with van der Waals surface area (Å²) in [5.74, 6) is -3.02. The summed E-state index contributed by atoms with van der Waals surface area (Å²) in [6, 6.07) is 9.52. The van der Waals surface area contributed by atoms with Crippen LogP contribution in [0.15, 0.2) is 42.5 Å². The molecule has 0 fully saturated rings. The zero-order valence-electron chi connectivity index (χ0n) is 12.4. The smallest absolute Gasteiger partial charge is 0.308 e. The molecule has 2 aromatic carbocycles. The second-order valence-corrected chi connectivity index (χ2v) is 5.08. The van der Waals surface area contributed by atoms with Crippen molar-refractivity contribution >= 4 is 29.4 Å². The number of amides is 2. The van der Waals surface area contributed by atoms with Crippen molar-refractivity contribution in [3.63, 3.8) is 0 Å². The summed E-state index contributed by atoms with van der Waals surface area (Å²) in [6.07, 6.45) is 0. The molecule has 1 aliphatic rings. The number of esters is 1. The van der Waals surface area contributed by atoms with Gasteiger partial charge in [-0.2, -0.15) is 0 Å². The molecular formula is C17H10NO6-. The van der Waals surface area contributed by atoms with Crippen molar-refractivity contribution in [2.75, 3.05) is 4.90 Å². The van der Waals surface area contributed by atoms with Crippen molar-refractivity contribution < 1.29 is 29.0 Å². The zero-order chi connectivity index (χ0) is 17.4. The highest BCUT2D eigenvalue weighted by Gasteiger charge is 2.37. The molecule has 120 valence electrons. The summed E-state index contributed by atoms with van der Waals surface area (Å²) in [5, 5.41) is 10.9. The lowest BCUT2D eigenvalue weighted by Gasteiger charge is -2.14. The number of aromatic carboxylic acids is 1. The Bertz CT molecular complexity index is 902. The van der Waals surface area contributed by atoms with E-state index in [1.165, 1.54) is 43.3 Å². The topological polar surface area (TPSA) is 104 Å². The Balaban J connectivity index is 2.02. The molecular weight excluding hydrogens is 314 g/mol. The largest absolute Gasteiger partial charge is 0.545 e. The first-order valence-electron chi connectivity index (χ1n) is 6.91. The molecule has 0 spiro atoms. The highest BCUT2D eigenvalue weighted by Crippen LogP contribution is 2.31. The maximum atomic E-state index is 12.5. The summed E-state index contributed by atoms with van der Waals surface area (Å²) in [4.78, 5) is 47.8. The molecule has 1 aliphatic heterocycles. The quantitative estimate of drug-likeness (QED) is 0.469. The fourth-order valence-corrected chi connectivity index (χ4v) is 2.45. The number of carboxylic acid groups (broad SMARTS) is 1. The van der Waals surface area contributed by atoms with Gasteiger partial charge >= 0.3 is 5.97 Å². The van der Waals surface area contributed by atoms with Crippen molar-refractivity contribution in [1.82, 2.24) is 0 Å². The number of carbonyl (C=O) groups excluding carboxylic acids is 4. The number of imide groups is 1. The van der Waals surface area contributed by atoms with Crippen molar-refractivity contribution in [2.24, 2.45) is 0 Å². The minimum atomic E-state index is -1.44. The van der Waals surface area contributed by atoms with E-state index >= 15 is 0 Å². The van der Waals surface area contributed by atoms with Gasteiger partial charge in [-0.05, 0) is 29.8 Å². The third-order valence-electron chi connectivity index (χ3n) is 3.46. The Kier molecular flexibility index (Phi) is 3.61. The summed E-state index contributed by atoms with van der Waals surface area (Å²) >= 11 is 0. The molecule has 0 bridgehead atoms. The lowest BCUT2D eigenvalue weighted by molar-refractivity contribution is -0.255. The summed E-state index contributed by atoms with van der Waals surface area (Å²) in [5.41, 5.74) is 0.114. The average molecular weight is 324 g/mol. The molecule has 0 unspecified atom stereocenters. The van der Waals surface area contributed by atoms with Crippen LogP contribution in [-0.4, -0.2) is 23.8 Å². The molecule has 0 saturated heterocycles. The molecule has 2 aromatic rings. The number of carboxylic acids is 1. The van der Waals surface area contributed by atoms with Crippen LogP contribution in [0.25, 0.3) is 0 Å². The van der Waals surface area contributed by atoms with Crippen LogP contribution in [0, 0.1) is 0 Å². The number of anilines is 1. The molecule has 0 atom stereocenters. The van der Waals surface area contributed by atoms with Gasteiger partial charge in [0, 0.05) is 13.0 Å². The Hall–Kier alpha value is -3.48. The first-order valence-corrected chi connectivity index (χ1v) is 6.91. The van der Waals surface area contributed by atoms with E-state index in [9.17, 15) is 24.3 Å². The second-order valence-electron chi connectivity index (χ2n) is 5.08. The maximum absolute atomic E-state index is 12.5. The lowest BCUT2D eigenvalue weighted by Crippen LogP contribution is -2.29. The van der Waals surface area contributed by atoms with E-state index in [-0.39, 0.29) is 28.1 Å². The molecule has 24 heavy (non-hydrogen) atoms. The molecule has 2 amide bonds. The van der Waals surface area contributed by atoms with Gasteiger partial charge in [0.15, 0.2) is 0 Å². The van der Waals surface area contributed by atoms with Gasteiger partial charge in [-0.3, -0.25) is 14.4 Å². The third-order valence-corrected chi connectivity index (χ3v) is 3.46. The first-order chi connectivity index (χ1) is 11.4. The van der Waals surface area contributed by atoms with E-state index in [4.69, 9.17) is 4.74 Å². The normalized spacial score (nSPS) is 13.0. The van der Waals surface area contributed by atoms with Crippen LogP contribution in [0.2, 0.25) is 0 Å². The van der Waals surface area contributed by atoms with Gasteiger partial charge in [-0.1, -0.05) is 12.1 Å². The van der Waals surface area contributed by atoms with Crippen molar-refractivity contribution in [3.05, 3.63) is 59.2 Å². The van der Waals surface area contributed by atoms with Gasteiger partial charge < -0.3 is 14.6 Å². The third kappa shape index (κ3) is 2.52. The van der Waals surface area contributed by atoms with E-state index in [0.29, 0.717) is 0 Å². The number of hydrogen-bond acceptors (Lipinski definition) is 6. The van der Waals surface area contributed by atoms with Crippen LogP contribution in [0.1, 0.15) is 38.0 Å². The van der Waals surface area contributed by atoms with Crippen LogP contribution < -0.4 is 14.7 Å². The molecule has 3 rings (SSSR count). The van der Waals surface area contributed by atoms with Crippen molar-refractivity contribution in [2.45, 2.75) is 6.92 Å². The van der Waals surface area contributed by atoms with Gasteiger partial charge in [-0.25, -0.2) is 4.90 Å². The Morgan fingerprint density at radius 3 is 2.38 bits per heavy atom. The highest BCUT2D eigenvalue weighted by atomic mass is 16.5. The lowest BCUT2D eigenvalue weighted by atomic mass is 10.1. The number of fused-ring (bicyclic) bond motifs is 1. The summed E-state index contributed by atoms with van der Waals surface area (Å²) in [7, 11) is 0. The van der Waals surface area contributed by atoms with Gasteiger partial charge in [0.05, 0.1) is 22.8 Å². The van der Waals surface area contributed by atoms with Crippen molar-refractivity contribution in [1.29, 1.82) is 0 Å². The number of carbonyl (C=O) groups is 4. The fraction of sp³-hybridized carbons (Fsp3) is 0.0588. The summed E-state index contributed by atoms with van der Waals surface area (Å²) in [6.45, 7) is 1.23. The van der Waals surface area contributed by atoms with Gasteiger partial charge in [0.1, 0.15) is 5.75 Å². The minimum absolute atomic E-state index is 0.0143. The zero-order valence-corrected chi connectivity index (χ0v) is 12.4. The Labute approximate surface area is 136 Å². The Morgan fingerprint density at radius 1 is 1.00 bits per heavy atom. The average Bonchev–Trinajstić information content (AvgIpc) is 2.78. The van der Waals surface area contributed by atoms with Crippen LogP contribution in [-0.2, 0) is 4.79 Å². The van der Waals surface area contributed by atoms with E-state index in [0.717, 1.165) is 11.0 Å². The molecule has 0 N–H and O–H groups in total. The number of benzene rings is 2. The summed E-state index contributed by atoms with van der Waals surface area (Å²) < 4.78 is 4.94. The van der Waals surface area contributed by atoms with E-state index < -0.39 is 23.8 Å². The van der Waals surface area contributed by atoms with E-state index in [1.807, 2.05) is 0 Å². The Morgan fingerprint density at radius 2 is 1.71 bits per heavy atom. The molecule has 0 aromatic heterocycles. The number of hydrogen-bond donors (Lipinski definition) is 0. The van der Waals surface area contributed by atoms with E-state index in [2.05, 4.69) is 0 Å². The van der Waals surface area contributed by atoms with Gasteiger partial charge in [-0.15, -0.1) is 0 Å². The molecule has 7 heteroatoms. The second kappa shape index (κ2) is 5.62. The van der Waals surface area contributed by atoms with Gasteiger partial charge in [0.2, 0.25) is 0 Å². The predicted molar refractivity (Wildman–Crippen MR) is 79.7 cm³/mol. The van der Waals surface area contributed by atoms with Crippen LogP contribution in [0.5, 0.6) is 5.75 Å². The molecule has 0 aliphatic carbocycles. The number of nitrogens with zero attached hydrogens (tertiary/aromatic N) is 1. The first kappa shape index (κ1) is 15.4. The number of ether oxygens (including phenoxy) is 1.